The van der Waals surface area contributed by atoms with Gasteiger partial charge in [-0.05, 0) is 31.2 Å². The summed E-state index contributed by atoms with van der Waals surface area (Å²) in [4.78, 5) is 14.8. The summed E-state index contributed by atoms with van der Waals surface area (Å²) in [6, 6.07) is 4.27. The van der Waals surface area contributed by atoms with E-state index in [9.17, 15) is 9.18 Å². The summed E-state index contributed by atoms with van der Waals surface area (Å²) in [5.41, 5.74) is 0.0700. The summed E-state index contributed by atoms with van der Waals surface area (Å²) in [5.74, 6) is 0.657. The molecule has 3 unspecified atom stereocenters. The number of fused-ring (bicyclic) bond motifs is 4. The molecule has 3 atom stereocenters. The van der Waals surface area contributed by atoms with Crippen molar-refractivity contribution in [3.63, 3.8) is 0 Å². The molecular weight excluding hydrogens is 245 g/mol. The zero-order valence-corrected chi connectivity index (χ0v) is 10.7. The molecule has 1 aromatic rings. The average molecular weight is 261 g/mol. The van der Waals surface area contributed by atoms with Crippen LogP contribution in [0, 0.1) is 11.7 Å². The smallest absolute Gasteiger partial charge is 0.170 e. The maximum atomic E-state index is 13.2. The van der Waals surface area contributed by atoms with Gasteiger partial charge in [-0.1, -0.05) is 0 Å². The van der Waals surface area contributed by atoms with Crippen LogP contribution in [-0.2, 0) is 0 Å². The largest absolute Gasteiger partial charge is 0.486 e. The Morgan fingerprint density at radius 2 is 2.26 bits per heavy atom. The summed E-state index contributed by atoms with van der Waals surface area (Å²) in [5, 5.41) is 0. The number of hydrogen-bond donors (Lipinski definition) is 0. The monoisotopic (exact) mass is 261 g/mol. The lowest BCUT2D eigenvalue weighted by Gasteiger charge is -2.45. The highest BCUT2D eigenvalue weighted by atomic mass is 19.1. The standard InChI is InChI=1S/C15H16FNO2/c16-11-1-2-14-12(7-11)13(18)8-15(19-14)4-6-17-5-3-10(15)9-17/h1-2,7,10H,3-6,8-9H2. The van der Waals surface area contributed by atoms with Crippen LogP contribution in [0.1, 0.15) is 29.6 Å². The van der Waals surface area contributed by atoms with Crippen molar-refractivity contribution in [2.75, 3.05) is 19.6 Å². The fourth-order valence-electron chi connectivity index (χ4n) is 3.81. The van der Waals surface area contributed by atoms with Crippen molar-refractivity contribution in [2.45, 2.75) is 24.9 Å². The first kappa shape index (κ1) is 11.4. The molecule has 3 nitrogen and oxygen atoms in total. The number of benzene rings is 1. The molecule has 2 bridgehead atoms. The lowest BCUT2D eigenvalue weighted by atomic mass is 9.76. The number of piperidine rings is 1. The van der Waals surface area contributed by atoms with Gasteiger partial charge in [0.2, 0.25) is 0 Å². The highest BCUT2D eigenvalue weighted by Gasteiger charge is 2.51. The number of hydrogen-bond acceptors (Lipinski definition) is 3. The molecule has 0 N–H and O–H groups in total. The maximum Gasteiger partial charge on any atom is 0.170 e. The molecule has 0 saturated carbocycles. The minimum absolute atomic E-state index is 0.0288. The third-order valence-corrected chi connectivity index (χ3v) is 4.88. The number of ether oxygens (including phenoxy) is 1. The Hall–Kier alpha value is -1.42. The summed E-state index contributed by atoms with van der Waals surface area (Å²) in [6.45, 7) is 3.14. The Morgan fingerprint density at radius 3 is 3.16 bits per heavy atom. The van der Waals surface area contributed by atoms with Gasteiger partial charge in [0.15, 0.2) is 5.78 Å². The summed E-state index contributed by atoms with van der Waals surface area (Å²) >= 11 is 0. The van der Waals surface area contributed by atoms with Gasteiger partial charge < -0.3 is 9.64 Å². The number of rotatable bonds is 0. The van der Waals surface area contributed by atoms with Gasteiger partial charge in [0.1, 0.15) is 17.2 Å². The van der Waals surface area contributed by atoms with Gasteiger partial charge in [-0.15, -0.1) is 0 Å². The number of carbonyl (C=O) groups is 1. The number of nitrogens with zero attached hydrogens (tertiary/aromatic N) is 1. The van der Waals surface area contributed by atoms with E-state index in [0.29, 0.717) is 23.7 Å². The second-order valence-corrected chi connectivity index (χ2v) is 5.94. The van der Waals surface area contributed by atoms with Crippen molar-refractivity contribution in [2.24, 2.45) is 5.92 Å². The molecule has 0 amide bonds. The third kappa shape index (κ3) is 1.62. The minimum Gasteiger partial charge on any atom is -0.486 e. The van der Waals surface area contributed by atoms with E-state index >= 15 is 0 Å². The van der Waals surface area contributed by atoms with Crippen LogP contribution in [-0.4, -0.2) is 35.9 Å². The molecule has 0 aromatic heterocycles. The lowest BCUT2D eigenvalue weighted by molar-refractivity contribution is -0.0294. The average Bonchev–Trinajstić information content (AvgIpc) is 2.81. The molecule has 2 fully saturated rings. The first-order valence-corrected chi connectivity index (χ1v) is 6.90. The van der Waals surface area contributed by atoms with Gasteiger partial charge in [0, 0.05) is 25.4 Å². The van der Waals surface area contributed by atoms with Crippen LogP contribution >= 0.6 is 0 Å². The Kier molecular flexibility index (Phi) is 2.28. The number of carbonyl (C=O) groups excluding carboxylic acids is 1. The van der Waals surface area contributed by atoms with Crippen LogP contribution in [0.2, 0.25) is 0 Å². The van der Waals surface area contributed by atoms with E-state index in [0.717, 1.165) is 32.5 Å². The molecule has 2 saturated heterocycles. The molecule has 100 valence electrons. The quantitative estimate of drug-likeness (QED) is 0.717. The van der Waals surface area contributed by atoms with Gasteiger partial charge in [0.25, 0.3) is 0 Å². The maximum absolute atomic E-state index is 13.2. The molecular formula is C15H16FNO2. The second-order valence-electron chi connectivity index (χ2n) is 5.94. The fourth-order valence-corrected chi connectivity index (χ4v) is 3.81. The van der Waals surface area contributed by atoms with E-state index in [1.165, 1.54) is 12.1 Å². The molecule has 3 aliphatic rings. The predicted molar refractivity (Wildman–Crippen MR) is 67.9 cm³/mol. The Morgan fingerprint density at radius 1 is 1.37 bits per heavy atom. The Bertz CT molecular complexity index is 559. The topological polar surface area (TPSA) is 29.5 Å². The first-order chi connectivity index (χ1) is 9.16. The zero-order chi connectivity index (χ0) is 13.0. The fraction of sp³-hybridized carbons (Fsp3) is 0.533. The predicted octanol–water partition coefficient (Wildman–Crippen LogP) is 2.26. The molecule has 3 heterocycles. The molecule has 3 aliphatic heterocycles. The third-order valence-electron chi connectivity index (χ3n) is 4.88. The minimum atomic E-state index is -0.373. The summed E-state index contributed by atoms with van der Waals surface area (Å²) in [6.07, 6.45) is 2.41. The van der Waals surface area contributed by atoms with E-state index in [1.807, 2.05) is 0 Å². The van der Waals surface area contributed by atoms with Crippen molar-refractivity contribution in [3.8, 4) is 5.75 Å². The van der Waals surface area contributed by atoms with Crippen molar-refractivity contribution in [1.29, 1.82) is 0 Å². The lowest BCUT2D eigenvalue weighted by Crippen LogP contribution is -2.53. The van der Waals surface area contributed by atoms with E-state index in [2.05, 4.69) is 4.90 Å². The van der Waals surface area contributed by atoms with Crippen LogP contribution in [0.3, 0.4) is 0 Å². The molecule has 4 rings (SSSR count). The Balaban J connectivity index is 1.74. The zero-order valence-electron chi connectivity index (χ0n) is 10.7. The molecule has 19 heavy (non-hydrogen) atoms. The number of ketones is 1. The second kappa shape index (κ2) is 3.79. The van der Waals surface area contributed by atoms with Gasteiger partial charge in [-0.25, -0.2) is 4.39 Å². The number of Topliss-reactive ketones (excluding diaryl/α,β-unsaturated/α-hetero) is 1. The van der Waals surface area contributed by atoms with E-state index in [-0.39, 0.29) is 17.2 Å². The Labute approximate surface area is 111 Å². The van der Waals surface area contributed by atoms with Crippen molar-refractivity contribution < 1.29 is 13.9 Å². The van der Waals surface area contributed by atoms with Crippen LogP contribution in [0.5, 0.6) is 5.75 Å². The highest BCUT2D eigenvalue weighted by Crippen LogP contribution is 2.45. The molecule has 1 spiro atoms. The molecule has 4 heteroatoms. The van der Waals surface area contributed by atoms with Crippen LogP contribution in [0.25, 0.3) is 0 Å². The van der Waals surface area contributed by atoms with Gasteiger partial charge in [-0.3, -0.25) is 4.79 Å². The molecule has 1 aromatic carbocycles. The van der Waals surface area contributed by atoms with Crippen LogP contribution in [0.4, 0.5) is 4.39 Å². The van der Waals surface area contributed by atoms with E-state index in [4.69, 9.17) is 4.74 Å². The summed E-state index contributed by atoms with van der Waals surface area (Å²) in [7, 11) is 0. The van der Waals surface area contributed by atoms with E-state index < -0.39 is 0 Å². The molecule has 0 aliphatic carbocycles. The summed E-state index contributed by atoms with van der Waals surface area (Å²) < 4.78 is 19.4. The van der Waals surface area contributed by atoms with Crippen molar-refractivity contribution in [1.82, 2.24) is 4.90 Å². The SMILES string of the molecule is O=C1CC2(CCN3CCC2C3)Oc2ccc(F)cc21. The number of halogens is 1. The van der Waals surface area contributed by atoms with Crippen molar-refractivity contribution >= 4 is 5.78 Å². The van der Waals surface area contributed by atoms with Gasteiger partial charge in [-0.2, -0.15) is 0 Å². The van der Waals surface area contributed by atoms with Crippen molar-refractivity contribution in [3.05, 3.63) is 29.6 Å². The van der Waals surface area contributed by atoms with Crippen LogP contribution in [0.15, 0.2) is 18.2 Å². The first-order valence-electron chi connectivity index (χ1n) is 6.90. The highest BCUT2D eigenvalue weighted by molar-refractivity contribution is 6.00. The van der Waals surface area contributed by atoms with E-state index in [1.54, 1.807) is 6.07 Å². The molecule has 0 radical (unpaired) electrons. The van der Waals surface area contributed by atoms with Crippen LogP contribution < -0.4 is 4.74 Å². The van der Waals surface area contributed by atoms with Gasteiger partial charge in [0.05, 0.1) is 12.0 Å². The normalized spacial score (nSPS) is 36.2. The van der Waals surface area contributed by atoms with Gasteiger partial charge >= 0.3 is 0 Å².